The van der Waals surface area contributed by atoms with E-state index in [0.717, 1.165) is 12.1 Å². The van der Waals surface area contributed by atoms with Crippen LogP contribution in [0.5, 0.6) is 0 Å². The Kier molecular flexibility index (Phi) is 5.38. The Bertz CT molecular complexity index is 487. The predicted molar refractivity (Wildman–Crippen MR) is 80.7 cm³/mol. The molecule has 4 nitrogen and oxygen atoms in total. The van der Waals surface area contributed by atoms with Crippen molar-refractivity contribution >= 4 is 15.7 Å². The van der Waals surface area contributed by atoms with Gasteiger partial charge in [0.2, 0.25) is 10.0 Å². The van der Waals surface area contributed by atoms with Gasteiger partial charge in [0.15, 0.2) is 0 Å². The summed E-state index contributed by atoms with van der Waals surface area (Å²) in [6.07, 6.45) is 0.614. The molecule has 0 fully saturated rings. The van der Waals surface area contributed by atoms with Gasteiger partial charge in [-0.1, -0.05) is 19.1 Å². The van der Waals surface area contributed by atoms with Crippen LogP contribution in [-0.2, 0) is 16.6 Å². The molecule has 1 aromatic rings. The number of hydrogen-bond acceptors (Lipinski definition) is 3. The van der Waals surface area contributed by atoms with Crippen LogP contribution in [0.3, 0.4) is 0 Å². The van der Waals surface area contributed by atoms with E-state index in [1.165, 1.54) is 0 Å². The van der Waals surface area contributed by atoms with E-state index in [1.54, 1.807) is 12.1 Å². The van der Waals surface area contributed by atoms with Crippen LogP contribution in [0.1, 0.15) is 39.7 Å². The van der Waals surface area contributed by atoms with E-state index in [9.17, 15) is 8.42 Å². The molecule has 1 aromatic carbocycles. The molecule has 1 rings (SSSR count). The highest BCUT2D eigenvalue weighted by Gasteiger charge is 2.10. The molecule has 0 aliphatic carbocycles. The number of rotatable bonds is 6. The van der Waals surface area contributed by atoms with Crippen molar-refractivity contribution < 1.29 is 8.42 Å². The van der Waals surface area contributed by atoms with Crippen molar-refractivity contribution in [2.45, 2.75) is 46.2 Å². The Morgan fingerprint density at radius 2 is 1.68 bits per heavy atom. The molecular weight excluding hydrogens is 260 g/mol. The molecule has 0 atom stereocenters. The summed E-state index contributed by atoms with van der Waals surface area (Å²) in [5.74, 6) is 0.153. The number of benzene rings is 1. The van der Waals surface area contributed by atoms with Crippen molar-refractivity contribution in [3.63, 3.8) is 0 Å². The normalized spacial score (nSPS) is 12.4. The molecule has 0 unspecified atom stereocenters. The summed E-state index contributed by atoms with van der Waals surface area (Å²) >= 11 is 0. The maximum atomic E-state index is 11.6. The molecule has 0 bridgehead atoms. The monoisotopic (exact) mass is 284 g/mol. The van der Waals surface area contributed by atoms with Gasteiger partial charge >= 0.3 is 0 Å². The van der Waals surface area contributed by atoms with Gasteiger partial charge in [-0.15, -0.1) is 0 Å². The van der Waals surface area contributed by atoms with Gasteiger partial charge < -0.3 is 5.32 Å². The summed E-state index contributed by atoms with van der Waals surface area (Å²) in [7, 11) is -3.20. The molecule has 0 aliphatic heterocycles. The molecule has 5 heteroatoms. The van der Waals surface area contributed by atoms with Gasteiger partial charge in [-0.25, -0.2) is 8.42 Å². The number of nitrogens with one attached hydrogen (secondary N) is 2. The van der Waals surface area contributed by atoms with E-state index in [2.05, 4.69) is 30.8 Å². The van der Waals surface area contributed by atoms with Crippen molar-refractivity contribution in [2.75, 3.05) is 10.5 Å². The molecule has 0 aliphatic rings. The Hall–Kier alpha value is -1.07. The smallest absolute Gasteiger partial charge is 0.232 e. The second kappa shape index (κ2) is 6.39. The molecule has 0 heterocycles. The first-order valence-electron chi connectivity index (χ1n) is 6.56. The number of anilines is 1. The third-order valence-corrected chi connectivity index (χ3v) is 4.02. The van der Waals surface area contributed by atoms with Crippen LogP contribution in [0.25, 0.3) is 0 Å². The zero-order valence-electron chi connectivity index (χ0n) is 12.2. The van der Waals surface area contributed by atoms with E-state index in [0.29, 0.717) is 12.1 Å². The summed E-state index contributed by atoms with van der Waals surface area (Å²) in [6, 6.07) is 7.46. The van der Waals surface area contributed by atoms with E-state index in [-0.39, 0.29) is 11.3 Å². The van der Waals surface area contributed by atoms with Crippen molar-refractivity contribution in [2.24, 2.45) is 0 Å². The average molecular weight is 284 g/mol. The van der Waals surface area contributed by atoms with E-state index < -0.39 is 10.0 Å². The quantitative estimate of drug-likeness (QED) is 0.844. The van der Waals surface area contributed by atoms with Crippen LogP contribution in [-0.4, -0.2) is 19.7 Å². The minimum absolute atomic E-state index is 0.0708. The third-order valence-electron chi connectivity index (χ3n) is 2.52. The van der Waals surface area contributed by atoms with Crippen molar-refractivity contribution in [3.05, 3.63) is 29.8 Å². The van der Waals surface area contributed by atoms with Gasteiger partial charge in [0.05, 0.1) is 5.75 Å². The Morgan fingerprint density at radius 1 is 1.11 bits per heavy atom. The summed E-state index contributed by atoms with van der Waals surface area (Å²) in [5.41, 5.74) is 1.82. The van der Waals surface area contributed by atoms with Crippen LogP contribution in [0.4, 0.5) is 5.69 Å². The first kappa shape index (κ1) is 16.0. The Balaban J connectivity index is 2.62. The molecule has 0 saturated heterocycles. The lowest BCUT2D eigenvalue weighted by Crippen LogP contribution is -2.35. The molecule has 19 heavy (non-hydrogen) atoms. The first-order chi connectivity index (χ1) is 8.72. The van der Waals surface area contributed by atoms with Gasteiger partial charge in [-0.3, -0.25) is 4.72 Å². The first-order valence-corrected chi connectivity index (χ1v) is 8.21. The number of hydrogen-bond donors (Lipinski definition) is 2. The zero-order chi connectivity index (χ0) is 14.5. The molecule has 0 spiro atoms. The van der Waals surface area contributed by atoms with Crippen LogP contribution < -0.4 is 10.0 Å². The van der Waals surface area contributed by atoms with Crippen LogP contribution in [0, 0.1) is 0 Å². The Labute approximate surface area is 116 Å². The van der Waals surface area contributed by atoms with Gasteiger partial charge in [-0.05, 0) is 44.9 Å². The molecule has 0 radical (unpaired) electrons. The van der Waals surface area contributed by atoms with Gasteiger partial charge in [0, 0.05) is 17.8 Å². The molecular formula is C14H24N2O2S. The minimum Gasteiger partial charge on any atom is -0.308 e. The third kappa shape index (κ3) is 6.59. The summed E-state index contributed by atoms with van der Waals surface area (Å²) < 4.78 is 25.8. The van der Waals surface area contributed by atoms with Gasteiger partial charge in [-0.2, -0.15) is 0 Å². The maximum absolute atomic E-state index is 11.6. The summed E-state index contributed by atoms with van der Waals surface area (Å²) in [5, 5.41) is 3.39. The summed E-state index contributed by atoms with van der Waals surface area (Å²) in [4.78, 5) is 0. The minimum atomic E-state index is -3.20. The molecule has 0 saturated carbocycles. The van der Waals surface area contributed by atoms with E-state index >= 15 is 0 Å². The largest absolute Gasteiger partial charge is 0.308 e. The summed E-state index contributed by atoms with van der Waals surface area (Å²) in [6.45, 7) is 8.95. The topological polar surface area (TPSA) is 58.2 Å². The van der Waals surface area contributed by atoms with Crippen molar-refractivity contribution in [1.29, 1.82) is 0 Å². The SMILES string of the molecule is CCCS(=O)(=O)Nc1ccc(CNC(C)(C)C)cc1. The van der Waals surface area contributed by atoms with E-state index in [4.69, 9.17) is 0 Å². The molecule has 0 aromatic heterocycles. The molecule has 0 amide bonds. The standard InChI is InChI=1S/C14H24N2O2S/c1-5-10-19(17,18)16-13-8-6-12(7-9-13)11-15-14(2,3)4/h6-9,15-16H,5,10-11H2,1-4H3. The fourth-order valence-electron chi connectivity index (χ4n) is 1.56. The number of sulfonamides is 1. The van der Waals surface area contributed by atoms with Crippen molar-refractivity contribution in [3.8, 4) is 0 Å². The van der Waals surface area contributed by atoms with Crippen molar-refractivity contribution in [1.82, 2.24) is 5.32 Å². The van der Waals surface area contributed by atoms with Crippen LogP contribution in [0.2, 0.25) is 0 Å². The second-order valence-electron chi connectivity index (χ2n) is 5.72. The lowest BCUT2D eigenvalue weighted by molar-refractivity contribution is 0.424. The fourth-order valence-corrected chi connectivity index (χ4v) is 2.69. The predicted octanol–water partition coefficient (Wildman–Crippen LogP) is 2.73. The zero-order valence-corrected chi connectivity index (χ0v) is 13.0. The van der Waals surface area contributed by atoms with Crippen LogP contribution >= 0.6 is 0 Å². The van der Waals surface area contributed by atoms with Gasteiger partial charge in [0.25, 0.3) is 0 Å². The van der Waals surface area contributed by atoms with E-state index in [1.807, 2.05) is 19.1 Å². The molecule has 2 N–H and O–H groups in total. The highest BCUT2D eigenvalue weighted by molar-refractivity contribution is 7.92. The van der Waals surface area contributed by atoms with Crippen LogP contribution in [0.15, 0.2) is 24.3 Å². The van der Waals surface area contributed by atoms with Gasteiger partial charge in [0.1, 0.15) is 0 Å². The maximum Gasteiger partial charge on any atom is 0.232 e. The lowest BCUT2D eigenvalue weighted by atomic mass is 10.1. The average Bonchev–Trinajstić information content (AvgIpc) is 2.26. The lowest BCUT2D eigenvalue weighted by Gasteiger charge is -2.20. The molecule has 108 valence electrons. The highest BCUT2D eigenvalue weighted by atomic mass is 32.2. The Morgan fingerprint density at radius 3 is 2.16 bits per heavy atom. The fraction of sp³-hybridized carbons (Fsp3) is 0.571. The highest BCUT2D eigenvalue weighted by Crippen LogP contribution is 2.12. The second-order valence-corrected chi connectivity index (χ2v) is 7.56.